The van der Waals surface area contributed by atoms with Crippen molar-refractivity contribution in [1.29, 1.82) is 0 Å². The summed E-state index contributed by atoms with van der Waals surface area (Å²) in [6, 6.07) is 11.7. The van der Waals surface area contributed by atoms with Gasteiger partial charge in [-0.3, -0.25) is 9.36 Å². The SMILES string of the molecule is Cc1cc(C)n(Cc2cccc(C(=O)O[C@@H]3CCC[C@H]3n3cccn3)c2)n1. The summed E-state index contributed by atoms with van der Waals surface area (Å²) in [5.74, 6) is -0.269. The summed E-state index contributed by atoms with van der Waals surface area (Å²) < 4.78 is 9.70. The van der Waals surface area contributed by atoms with Gasteiger partial charge in [0.15, 0.2) is 0 Å². The summed E-state index contributed by atoms with van der Waals surface area (Å²) in [7, 11) is 0. The Hall–Kier alpha value is -2.89. The Kier molecular flexibility index (Phi) is 4.79. The first-order chi connectivity index (χ1) is 13.1. The second-order valence-electron chi connectivity index (χ2n) is 7.21. The van der Waals surface area contributed by atoms with Crippen LogP contribution in [0.5, 0.6) is 0 Å². The molecule has 1 aromatic carbocycles. The first-order valence-corrected chi connectivity index (χ1v) is 9.40. The zero-order valence-electron chi connectivity index (χ0n) is 15.7. The first-order valence-electron chi connectivity index (χ1n) is 9.40. The normalized spacial score (nSPS) is 19.3. The van der Waals surface area contributed by atoms with Crippen molar-refractivity contribution in [2.75, 3.05) is 0 Å². The predicted molar refractivity (Wildman–Crippen MR) is 102 cm³/mol. The van der Waals surface area contributed by atoms with Gasteiger partial charge in [-0.1, -0.05) is 12.1 Å². The van der Waals surface area contributed by atoms with Crippen molar-refractivity contribution in [2.24, 2.45) is 0 Å². The highest BCUT2D eigenvalue weighted by molar-refractivity contribution is 5.89. The van der Waals surface area contributed by atoms with Crippen molar-refractivity contribution in [3.63, 3.8) is 0 Å². The fourth-order valence-electron chi connectivity index (χ4n) is 3.83. The Morgan fingerprint density at radius 3 is 2.85 bits per heavy atom. The van der Waals surface area contributed by atoms with Gasteiger partial charge in [-0.25, -0.2) is 4.79 Å². The minimum atomic E-state index is -0.269. The number of ether oxygens (including phenoxy) is 1. The molecule has 2 aromatic heterocycles. The molecule has 0 unspecified atom stereocenters. The maximum absolute atomic E-state index is 12.7. The van der Waals surface area contributed by atoms with E-state index in [1.165, 1.54) is 0 Å². The van der Waals surface area contributed by atoms with E-state index in [-0.39, 0.29) is 18.1 Å². The molecule has 2 atom stereocenters. The average Bonchev–Trinajstić information content (AvgIpc) is 3.37. The maximum atomic E-state index is 12.7. The van der Waals surface area contributed by atoms with E-state index in [0.717, 1.165) is 36.2 Å². The summed E-state index contributed by atoms with van der Waals surface area (Å²) in [4.78, 5) is 12.7. The zero-order chi connectivity index (χ0) is 18.8. The molecule has 3 aromatic rings. The zero-order valence-corrected chi connectivity index (χ0v) is 15.7. The van der Waals surface area contributed by atoms with Gasteiger partial charge in [0, 0.05) is 18.1 Å². The van der Waals surface area contributed by atoms with Crippen LogP contribution >= 0.6 is 0 Å². The van der Waals surface area contributed by atoms with Gasteiger partial charge in [0.1, 0.15) is 6.10 Å². The van der Waals surface area contributed by atoms with E-state index in [1.807, 2.05) is 65.8 Å². The third-order valence-electron chi connectivity index (χ3n) is 5.14. The minimum absolute atomic E-state index is 0.127. The number of aryl methyl sites for hydroxylation is 2. The van der Waals surface area contributed by atoms with Crippen molar-refractivity contribution < 1.29 is 9.53 Å². The summed E-state index contributed by atoms with van der Waals surface area (Å²) in [6.45, 7) is 4.66. The molecule has 2 heterocycles. The highest BCUT2D eigenvalue weighted by Crippen LogP contribution is 2.32. The summed E-state index contributed by atoms with van der Waals surface area (Å²) >= 11 is 0. The fourth-order valence-corrected chi connectivity index (χ4v) is 3.83. The smallest absolute Gasteiger partial charge is 0.338 e. The Morgan fingerprint density at radius 1 is 1.22 bits per heavy atom. The maximum Gasteiger partial charge on any atom is 0.338 e. The number of carbonyl (C=O) groups is 1. The number of carbonyl (C=O) groups excluding carboxylic acids is 1. The molecule has 0 N–H and O–H groups in total. The molecule has 0 bridgehead atoms. The van der Waals surface area contributed by atoms with Crippen molar-refractivity contribution in [1.82, 2.24) is 19.6 Å². The van der Waals surface area contributed by atoms with E-state index >= 15 is 0 Å². The van der Waals surface area contributed by atoms with Crippen LogP contribution in [0.25, 0.3) is 0 Å². The Morgan fingerprint density at radius 2 is 2.11 bits per heavy atom. The van der Waals surface area contributed by atoms with Crippen molar-refractivity contribution >= 4 is 5.97 Å². The molecule has 4 rings (SSSR count). The molecule has 0 saturated heterocycles. The highest BCUT2D eigenvalue weighted by atomic mass is 16.5. The summed E-state index contributed by atoms with van der Waals surface area (Å²) in [5, 5.41) is 8.81. The first kappa shape index (κ1) is 17.5. The van der Waals surface area contributed by atoms with Gasteiger partial charge in [-0.2, -0.15) is 10.2 Å². The predicted octanol–water partition coefficient (Wildman–Crippen LogP) is 3.70. The quantitative estimate of drug-likeness (QED) is 0.648. The van der Waals surface area contributed by atoms with E-state index < -0.39 is 0 Å². The van der Waals surface area contributed by atoms with Gasteiger partial charge < -0.3 is 4.74 Å². The van der Waals surface area contributed by atoms with Gasteiger partial charge >= 0.3 is 5.97 Å². The van der Waals surface area contributed by atoms with Crippen molar-refractivity contribution in [3.8, 4) is 0 Å². The third-order valence-corrected chi connectivity index (χ3v) is 5.14. The standard InChI is InChI=1S/C21H24N4O2/c1-15-12-16(2)25(23-15)14-17-6-3-7-18(13-17)21(26)27-20-9-4-8-19(20)24-11-5-10-22-24/h3,5-7,10-13,19-20H,4,8-9,14H2,1-2H3/t19-,20-/m1/s1. The lowest BCUT2D eigenvalue weighted by atomic mass is 10.1. The van der Waals surface area contributed by atoms with Crippen molar-refractivity contribution in [3.05, 3.63) is 71.3 Å². The Balaban J connectivity index is 1.47. The number of hydrogen-bond acceptors (Lipinski definition) is 4. The molecule has 0 aliphatic heterocycles. The Bertz CT molecular complexity index is 930. The molecule has 1 aliphatic rings. The summed E-state index contributed by atoms with van der Waals surface area (Å²) in [6.07, 6.45) is 6.47. The van der Waals surface area contributed by atoms with E-state index in [2.05, 4.69) is 10.2 Å². The van der Waals surface area contributed by atoms with Crippen molar-refractivity contribution in [2.45, 2.75) is 51.8 Å². The van der Waals surface area contributed by atoms with Crippen LogP contribution in [0.1, 0.15) is 52.6 Å². The van der Waals surface area contributed by atoms with Gasteiger partial charge in [0.25, 0.3) is 0 Å². The summed E-state index contributed by atoms with van der Waals surface area (Å²) in [5.41, 5.74) is 3.72. The number of esters is 1. The second kappa shape index (κ2) is 7.39. The lowest BCUT2D eigenvalue weighted by Gasteiger charge is -2.20. The molecule has 6 heteroatoms. The van der Waals surface area contributed by atoms with Crippen LogP contribution in [-0.4, -0.2) is 31.6 Å². The van der Waals surface area contributed by atoms with Crippen LogP contribution in [0, 0.1) is 13.8 Å². The van der Waals surface area contributed by atoms with Crippen LogP contribution < -0.4 is 0 Å². The second-order valence-corrected chi connectivity index (χ2v) is 7.21. The molecule has 6 nitrogen and oxygen atoms in total. The van der Waals surface area contributed by atoms with Crippen LogP contribution in [0.15, 0.2) is 48.8 Å². The van der Waals surface area contributed by atoms with E-state index in [0.29, 0.717) is 12.1 Å². The molecule has 1 fully saturated rings. The molecule has 0 spiro atoms. The van der Waals surface area contributed by atoms with Gasteiger partial charge in [0.05, 0.1) is 23.8 Å². The third kappa shape index (κ3) is 3.79. The minimum Gasteiger partial charge on any atom is -0.457 e. The molecule has 0 amide bonds. The van der Waals surface area contributed by atoms with E-state index in [9.17, 15) is 4.79 Å². The highest BCUT2D eigenvalue weighted by Gasteiger charge is 2.32. The van der Waals surface area contributed by atoms with Gasteiger partial charge in [-0.15, -0.1) is 0 Å². The molecular weight excluding hydrogens is 340 g/mol. The number of aromatic nitrogens is 4. The average molecular weight is 364 g/mol. The largest absolute Gasteiger partial charge is 0.457 e. The number of benzene rings is 1. The van der Waals surface area contributed by atoms with Crippen LogP contribution in [0.3, 0.4) is 0 Å². The number of rotatable bonds is 5. The molecular formula is C21H24N4O2. The molecule has 27 heavy (non-hydrogen) atoms. The monoisotopic (exact) mass is 364 g/mol. The van der Waals surface area contributed by atoms with E-state index in [1.54, 1.807) is 6.20 Å². The molecule has 1 aliphatic carbocycles. The lowest BCUT2D eigenvalue weighted by molar-refractivity contribution is 0.0209. The number of hydrogen-bond donors (Lipinski definition) is 0. The van der Waals surface area contributed by atoms with E-state index in [4.69, 9.17) is 4.74 Å². The number of nitrogens with zero attached hydrogens (tertiary/aromatic N) is 4. The molecule has 1 saturated carbocycles. The molecule has 140 valence electrons. The lowest BCUT2D eigenvalue weighted by Crippen LogP contribution is -2.25. The van der Waals surface area contributed by atoms with Crippen LogP contribution in [0.4, 0.5) is 0 Å². The molecule has 0 radical (unpaired) electrons. The van der Waals surface area contributed by atoms with Crippen LogP contribution in [0.2, 0.25) is 0 Å². The topological polar surface area (TPSA) is 61.9 Å². The Labute approximate surface area is 158 Å². The van der Waals surface area contributed by atoms with Gasteiger partial charge in [0.2, 0.25) is 0 Å². The van der Waals surface area contributed by atoms with Crippen LogP contribution in [-0.2, 0) is 11.3 Å². The fraction of sp³-hybridized carbons (Fsp3) is 0.381. The van der Waals surface area contributed by atoms with Gasteiger partial charge in [-0.05, 0) is 62.9 Å².